The van der Waals surface area contributed by atoms with Crippen molar-refractivity contribution in [1.29, 1.82) is 0 Å². The average Bonchev–Trinajstić information content (AvgIpc) is 3.21. The number of aliphatic hydroxyl groups excluding tert-OH is 1. The molecule has 0 radical (unpaired) electrons. The lowest BCUT2D eigenvalue weighted by Crippen LogP contribution is -2.34. The summed E-state index contributed by atoms with van der Waals surface area (Å²) in [4.78, 5) is 70.8. The molecule has 0 heterocycles. The van der Waals surface area contributed by atoms with Gasteiger partial charge in [-0.25, -0.2) is 19.2 Å². The molecule has 0 aliphatic carbocycles. The number of carbonyl (C=O) groups excluding carboxylic acids is 5. The van der Waals surface area contributed by atoms with E-state index in [9.17, 15) is 28.8 Å². The molecule has 4 rings (SSSR count). The number of aldehydes is 2. The van der Waals surface area contributed by atoms with E-state index in [1.807, 2.05) is 60.7 Å². The first kappa shape index (κ1) is 60.1. The topological polar surface area (TPSA) is 192 Å². The summed E-state index contributed by atoms with van der Waals surface area (Å²) in [6.07, 6.45) is 0.299. The molecule has 0 bridgehead atoms. The van der Waals surface area contributed by atoms with Crippen molar-refractivity contribution in [2.75, 3.05) is 48.2 Å². The van der Waals surface area contributed by atoms with Gasteiger partial charge in [0.25, 0.3) is 0 Å². The molecule has 4 aromatic rings. The van der Waals surface area contributed by atoms with Crippen LogP contribution >= 0.6 is 24.0 Å². The van der Waals surface area contributed by atoms with Crippen LogP contribution in [0.3, 0.4) is 0 Å². The highest BCUT2D eigenvalue weighted by Crippen LogP contribution is 2.20. The molecular weight excluding hydrogens is 935 g/mol. The Hall–Kier alpha value is -6.01. The maximum Gasteiger partial charge on any atom is 0.414 e. The van der Waals surface area contributed by atoms with Crippen LogP contribution in [0.1, 0.15) is 108 Å². The first-order valence-corrected chi connectivity index (χ1v) is 19.5. The molecule has 0 fully saturated rings. The van der Waals surface area contributed by atoms with Crippen molar-refractivity contribution in [3.8, 4) is 0 Å². The van der Waals surface area contributed by atoms with Crippen molar-refractivity contribution < 1.29 is 54.6 Å². The molecule has 0 atom stereocenters. The van der Waals surface area contributed by atoms with Gasteiger partial charge in [-0.2, -0.15) is 0 Å². The van der Waals surface area contributed by atoms with Gasteiger partial charge in [0.05, 0.1) is 12.2 Å². The molecule has 0 spiro atoms. The fraction of sp³-hybridized carbons (Fsp3) is 0.375. The number of nitrogens with one attached hydrogen (secondary N) is 1. The number of carbonyl (C=O) groups is 6. The quantitative estimate of drug-likeness (QED) is 0.0861. The molecule has 15 nitrogen and oxygen atoms in total. The van der Waals surface area contributed by atoms with Crippen molar-refractivity contribution >= 4 is 83.5 Å². The molecule has 4 aromatic carbocycles. The summed E-state index contributed by atoms with van der Waals surface area (Å²) in [6.45, 7) is 16.3. The van der Waals surface area contributed by atoms with E-state index in [0.717, 1.165) is 29.5 Å². The minimum atomic E-state index is -0.999. The molecule has 16 heteroatoms. The number of carboxylic acid groups (broad SMARTS) is 1. The lowest BCUT2D eigenvalue weighted by molar-refractivity contribution is 0.0578. The number of nitrogens with zero attached hydrogens (tertiary/aromatic N) is 3. The second-order valence-electron chi connectivity index (χ2n) is 16.5. The van der Waals surface area contributed by atoms with Crippen LogP contribution in [-0.2, 0) is 20.8 Å². The number of carboxylic acids is 1. The van der Waals surface area contributed by atoms with Gasteiger partial charge in [0.2, 0.25) is 0 Å². The van der Waals surface area contributed by atoms with Gasteiger partial charge in [-0.1, -0.05) is 19.6 Å². The van der Waals surface area contributed by atoms with Crippen LogP contribution in [0.2, 0.25) is 0 Å². The van der Waals surface area contributed by atoms with Gasteiger partial charge in [-0.05, 0) is 153 Å². The number of hydrogen-bond acceptors (Lipinski definition) is 11. The van der Waals surface area contributed by atoms with Crippen molar-refractivity contribution in [2.45, 2.75) is 93.2 Å². The van der Waals surface area contributed by atoms with Crippen LogP contribution in [0.15, 0.2) is 97.1 Å². The molecule has 0 aliphatic rings. The van der Waals surface area contributed by atoms with Gasteiger partial charge < -0.3 is 29.7 Å². The minimum Gasteiger partial charge on any atom is -0.478 e. The third kappa shape index (κ3) is 23.4. The zero-order chi connectivity index (χ0) is 47.4. The summed E-state index contributed by atoms with van der Waals surface area (Å²) >= 11 is 0. The fourth-order valence-corrected chi connectivity index (χ4v) is 4.46. The third-order valence-corrected chi connectivity index (χ3v) is 7.76. The van der Waals surface area contributed by atoms with Gasteiger partial charge in [-0.3, -0.25) is 24.3 Å². The Labute approximate surface area is 397 Å². The molecule has 0 aliphatic heterocycles. The lowest BCUT2D eigenvalue weighted by atomic mass is 10.2. The fourth-order valence-electron chi connectivity index (χ4n) is 4.46. The smallest absolute Gasteiger partial charge is 0.414 e. The molecule has 0 saturated heterocycles. The van der Waals surface area contributed by atoms with E-state index in [1.54, 1.807) is 115 Å². The molecule has 354 valence electrons. The van der Waals surface area contributed by atoms with Gasteiger partial charge in [-0.15, -0.1) is 24.0 Å². The van der Waals surface area contributed by atoms with Gasteiger partial charge in [0, 0.05) is 63.5 Å². The normalized spacial score (nSPS) is 10.3. The van der Waals surface area contributed by atoms with E-state index in [4.69, 9.17) is 24.4 Å². The van der Waals surface area contributed by atoms with Gasteiger partial charge >= 0.3 is 24.2 Å². The predicted molar refractivity (Wildman–Crippen MR) is 267 cm³/mol. The van der Waals surface area contributed by atoms with Crippen LogP contribution < -0.4 is 20.0 Å². The van der Waals surface area contributed by atoms with Gasteiger partial charge in [0.15, 0.2) is 0 Å². The summed E-state index contributed by atoms with van der Waals surface area (Å²) in [7, 11) is 6.70. The Kier molecular flexibility index (Phi) is 26.2. The lowest BCUT2D eigenvalue weighted by Gasteiger charge is -2.24. The molecule has 64 heavy (non-hydrogen) atoms. The summed E-state index contributed by atoms with van der Waals surface area (Å²) in [5.74, 6) is -0.999. The van der Waals surface area contributed by atoms with Crippen LogP contribution in [0.25, 0.3) is 0 Å². The largest absolute Gasteiger partial charge is 0.478 e. The van der Waals surface area contributed by atoms with E-state index < -0.39 is 41.1 Å². The van der Waals surface area contributed by atoms with Gasteiger partial charge in [0.1, 0.15) is 29.4 Å². The van der Waals surface area contributed by atoms with Crippen LogP contribution in [-0.4, -0.2) is 92.0 Å². The zero-order valence-corrected chi connectivity index (χ0v) is 40.7. The van der Waals surface area contributed by atoms with E-state index in [-0.39, 0.29) is 45.0 Å². The van der Waals surface area contributed by atoms with Crippen LogP contribution in [0.4, 0.5) is 37.1 Å². The molecule has 0 saturated carbocycles. The maximum absolute atomic E-state index is 11.8. The van der Waals surface area contributed by atoms with E-state index in [2.05, 4.69) is 5.32 Å². The standard InChI is InChI=1S/C13H17NO4.C13H19NO3.C13H17NO3.C8H9NO.CH4.HI.H2/c1-13(2,3)18-12(17)14(4)10-7-5-9(6-8-10)11(15)16;2*1-13(2,3)17-12(16)14(4)11-7-5-10(9-15)6-8-11;1-9-8-4-2-7(6-10)3-5-8;;;/h5-8H,1-4H3,(H,15,16);5-8,15H,9H2,1-4H3;5-9H,1-4H3;2-6,9H,1H3;1H4;2*1H. The SMILES string of the molecule is C.CN(C(=O)OC(C)(C)C)c1ccc(C(=O)O)cc1.CN(C(=O)OC(C)(C)C)c1ccc(C=O)cc1.CN(C(=O)OC(C)(C)C)c1ccc(CO)cc1.CNc1ccc(C=O)cc1.I.[HH]. The zero-order valence-electron chi connectivity index (χ0n) is 38.4. The van der Waals surface area contributed by atoms with Crippen molar-refractivity contribution in [3.63, 3.8) is 0 Å². The predicted octanol–water partition coefficient (Wildman–Crippen LogP) is 11.2. The molecular formula is C48H69IN4O11. The highest BCUT2D eigenvalue weighted by Gasteiger charge is 2.22. The minimum absolute atomic E-state index is 0. The summed E-state index contributed by atoms with van der Waals surface area (Å²) < 4.78 is 15.7. The van der Waals surface area contributed by atoms with E-state index >= 15 is 0 Å². The van der Waals surface area contributed by atoms with Crippen molar-refractivity contribution in [3.05, 3.63) is 119 Å². The van der Waals surface area contributed by atoms with E-state index in [0.29, 0.717) is 22.5 Å². The Morgan fingerprint density at radius 3 is 1.09 bits per heavy atom. The Bertz CT molecular complexity index is 2050. The Morgan fingerprint density at radius 2 is 0.844 bits per heavy atom. The number of halogens is 1. The number of rotatable bonds is 8. The highest BCUT2D eigenvalue weighted by atomic mass is 127. The number of anilines is 4. The number of aliphatic hydroxyl groups is 1. The van der Waals surface area contributed by atoms with Crippen LogP contribution in [0.5, 0.6) is 0 Å². The number of amides is 3. The summed E-state index contributed by atoms with van der Waals surface area (Å²) in [5, 5.41) is 20.7. The number of hydrogen-bond donors (Lipinski definition) is 3. The van der Waals surface area contributed by atoms with Crippen LogP contribution in [0, 0.1) is 0 Å². The second-order valence-corrected chi connectivity index (χ2v) is 16.5. The third-order valence-electron chi connectivity index (χ3n) is 7.76. The highest BCUT2D eigenvalue weighted by molar-refractivity contribution is 14.0. The average molecular weight is 1010 g/mol. The summed E-state index contributed by atoms with van der Waals surface area (Å²) in [5.41, 5.74) is 3.70. The van der Waals surface area contributed by atoms with E-state index in [1.165, 1.54) is 26.8 Å². The Balaban J connectivity index is -0.000000789. The van der Waals surface area contributed by atoms with Crippen molar-refractivity contribution in [1.82, 2.24) is 0 Å². The molecule has 0 unspecified atom stereocenters. The van der Waals surface area contributed by atoms with Crippen molar-refractivity contribution in [2.24, 2.45) is 0 Å². The number of aromatic carboxylic acids is 1. The number of benzene rings is 4. The summed E-state index contributed by atoms with van der Waals surface area (Å²) in [6, 6.07) is 27.1. The maximum atomic E-state index is 11.8. The number of ether oxygens (including phenoxy) is 3. The molecule has 3 N–H and O–H groups in total. The Morgan fingerprint density at radius 1 is 0.562 bits per heavy atom. The molecule has 3 amide bonds. The first-order chi connectivity index (χ1) is 28.7. The second kappa shape index (κ2) is 27.9. The molecule has 0 aromatic heterocycles. The monoisotopic (exact) mass is 1000 g/mol. The first-order valence-electron chi connectivity index (χ1n) is 19.5.